The van der Waals surface area contributed by atoms with E-state index in [1.165, 1.54) is 23.9 Å². The number of hydrogen-bond donors (Lipinski definition) is 1. The number of fused-ring (bicyclic) bond motifs is 1. The Kier molecular flexibility index (Phi) is 6.05. The third-order valence-electron chi connectivity index (χ3n) is 6.04. The molecule has 0 amide bonds. The molecule has 1 aromatic heterocycles. The van der Waals surface area contributed by atoms with Gasteiger partial charge in [-0.15, -0.1) is 0 Å². The van der Waals surface area contributed by atoms with Crippen LogP contribution in [-0.4, -0.2) is 21.4 Å². The lowest BCUT2D eigenvalue weighted by Gasteiger charge is -2.19. The number of Topliss-reactive ketones (excluding diaryl/α,β-unsaturated/α-hetero) is 1. The lowest BCUT2D eigenvalue weighted by molar-refractivity contribution is -0.137. The minimum atomic E-state index is -4.42. The molecule has 0 unspecified atom stereocenters. The van der Waals surface area contributed by atoms with Crippen LogP contribution in [0.25, 0.3) is 22.0 Å². The first-order valence-corrected chi connectivity index (χ1v) is 11.0. The number of alkyl halides is 3. The highest BCUT2D eigenvalue weighted by molar-refractivity contribution is 6.42. The smallest absolute Gasteiger partial charge is 0.416 e. The van der Waals surface area contributed by atoms with Gasteiger partial charge in [0.05, 0.1) is 11.1 Å². The van der Waals surface area contributed by atoms with E-state index >= 15 is 0 Å². The number of benzene rings is 3. The van der Waals surface area contributed by atoms with Crippen molar-refractivity contribution in [1.29, 1.82) is 0 Å². The molecule has 0 atom stereocenters. The van der Waals surface area contributed by atoms with Gasteiger partial charge in [0, 0.05) is 23.6 Å². The number of hydrogen-bond acceptors (Lipinski definition) is 2. The van der Waals surface area contributed by atoms with Crippen LogP contribution in [0.4, 0.5) is 13.2 Å². The molecule has 180 valence electrons. The fourth-order valence-corrected chi connectivity index (χ4v) is 4.06. The highest BCUT2D eigenvalue weighted by Gasteiger charge is 2.30. The standard InChI is InChI=1S/C28H24F3NO3/c1-27(2,3)20-9-4-17(5-10-20)15-32-16-23(25(33)26(34)35)22-13-8-19(14-24(22)32)18-6-11-21(12-7-18)28(29,30)31/h4-14,16H,15H2,1-3H3,(H,34,35). The first-order chi connectivity index (χ1) is 16.3. The topological polar surface area (TPSA) is 59.3 Å². The number of carbonyl (C=O) groups is 2. The maximum Gasteiger partial charge on any atom is 0.416 e. The molecule has 7 heteroatoms. The molecule has 0 bridgehead atoms. The predicted molar refractivity (Wildman–Crippen MR) is 129 cm³/mol. The Hall–Kier alpha value is -3.87. The van der Waals surface area contributed by atoms with Crippen LogP contribution in [0.15, 0.2) is 72.9 Å². The number of carboxylic acid groups (broad SMARTS) is 1. The molecule has 4 nitrogen and oxygen atoms in total. The van der Waals surface area contributed by atoms with E-state index in [0.717, 1.165) is 17.7 Å². The molecule has 0 aliphatic rings. The second kappa shape index (κ2) is 8.73. The summed E-state index contributed by atoms with van der Waals surface area (Å²) >= 11 is 0. The number of carboxylic acids is 1. The second-order valence-corrected chi connectivity index (χ2v) is 9.56. The van der Waals surface area contributed by atoms with Gasteiger partial charge in [-0.1, -0.05) is 69.3 Å². The molecule has 0 fully saturated rings. The number of carbonyl (C=O) groups excluding carboxylic acids is 1. The van der Waals surface area contributed by atoms with Crippen LogP contribution in [0, 0.1) is 0 Å². The predicted octanol–water partition coefficient (Wildman–Crippen LogP) is 6.94. The molecule has 0 aliphatic carbocycles. The van der Waals surface area contributed by atoms with Gasteiger partial charge < -0.3 is 9.67 Å². The molecule has 0 aliphatic heterocycles. The van der Waals surface area contributed by atoms with Gasteiger partial charge in [-0.05, 0) is 45.9 Å². The Morgan fingerprint density at radius 3 is 1.94 bits per heavy atom. The molecule has 1 N–H and O–H groups in total. The summed E-state index contributed by atoms with van der Waals surface area (Å²) in [6.45, 7) is 6.75. The lowest BCUT2D eigenvalue weighted by Crippen LogP contribution is -2.12. The molecule has 4 aromatic rings. The second-order valence-electron chi connectivity index (χ2n) is 9.56. The summed E-state index contributed by atoms with van der Waals surface area (Å²) in [5, 5.41) is 9.75. The van der Waals surface area contributed by atoms with Crippen molar-refractivity contribution in [3.63, 3.8) is 0 Å². The number of ketones is 1. The van der Waals surface area contributed by atoms with Gasteiger partial charge in [0.25, 0.3) is 5.78 Å². The van der Waals surface area contributed by atoms with Crippen molar-refractivity contribution < 1.29 is 27.9 Å². The van der Waals surface area contributed by atoms with Crippen LogP contribution in [0.2, 0.25) is 0 Å². The van der Waals surface area contributed by atoms with Crippen LogP contribution in [-0.2, 0) is 22.9 Å². The normalized spacial score (nSPS) is 12.2. The summed E-state index contributed by atoms with van der Waals surface area (Å²) in [6.07, 6.45) is -2.90. The van der Waals surface area contributed by atoms with E-state index in [-0.39, 0.29) is 11.0 Å². The van der Waals surface area contributed by atoms with Crippen LogP contribution >= 0.6 is 0 Å². The number of rotatable bonds is 5. The summed E-state index contributed by atoms with van der Waals surface area (Å²) in [6, 6.07) is 18.0. The van der Waals surface area contributed by atoms with Gasteiger partial charge in [-0.2, -0.15) is 13.2 Å². The third kappa shape index (κ3) is 4.99. The molecule has 0 radical (unpaired) electrons. The molecule has 1 heterocycles. The van der Waals surface area contributed by atoms with Crippen molar-refractivity contribution in [2.75, 3.05) is 0 Å². The Morgan fingerprint density at radius 1 is 0.829 bits per heavy atom. The minimum Gasteiger partial charge on any atom is -0.475 e. The first kappa shape index (κ1) is 24.3. The van der Waals surface area contributed by atoms with Gasteiger partial charge in [0.1, 0.15) is 0 Å². The molecule has 35 heavy (non-hydrogen) atoms. The molecule has 0 saturated heterocycles. The minimum absolute atomic E-state index is 0.00365. The van der Waals surface area contributed by atoms with Gasteiger partial charge in [-0.3, -0.25) is 4.79 Å². The summed E-state index contributed by atoms with van der Waals surface area (Å²) < 4.78 is 40.6. The molecule has 0 saturated carbocycles. The summed E-state index contributed by atoms with van der Waals surface area (Å²) in [4.78, 5) is 23.7. The molecule has 4 rings (SSSR count). The van der Waals surface area contributed by atoms with E-state index in [0.29, 0.717) is 28.6 Å². The van der Waals surface area contributed by atoms with Crippen molar-refractivity contribution in [3.8, 4) is 11.1 Å². The van der Waals surface area contributed by atoms with Crippen molar-refractivity contribution in [1.82, 2.24) is 4.57 Å². The van der Waals surface area contributed by atoms with E-state index in [1.807, 2.05) is 24.3 Å². The van der Waals surface area contributed by atoms with Crippen molar-refractivity contribution in [2.24, 2.45) is 0 Å². The molecular weight excluding hydrogens is 455 g/mol. The van der Waals surface area contributed by atoms with E-state index < -0.39 is 23.5 Å². The zero-order chi connectivity index (χ0) is 25.5. The Balaban J connectivity index is 1.78. The van der Waals surface area contributed by atoms with Crippen LogP contribution in [0.3, 0.4) is 0 Å². The first-order valence-electron chi connectivity index (χ1n) is 11.0. The van der Waals surface area contributed by atoms with Crippen LogP contribution < -0.4 is 0 Å². The molecule has 3 aromatic carbocycles. The average molecular weight is 479 g/mol. The molecular formula is C28H24F3NO3. The van der Waals surface area contributed by atoms with Crippen LogP contribution in [0.5, 0.6) is 0 Å². The lowest BCUT2D eigenvalue weighted by atomic mass is 9.87. The highest BCUT2D eigenvalue weighted by atomic mass is 19.4. The highest BCUT2D eigenvalue weighted by Crippen LogP contribution is 2.33. The number of nitrogens with zero attached hydrogens (tertiary/aromatic N) is 1. The third-order valence-corrected chi connectivity index (χ3v) is 6.04. The van der Waals surface area contributed by atoms with E-state index in [9.17, 15) is 27.9 Å². The van der Waals surface area contributed by atoms with E-state index in [2.05, 4.69) is 20.8 Å². The number of aliphatic carboxylic acids is 1. The number of halogens is 3. The maximum absolute atomic E-state index is 12.9. The Bertz CT molecular complexity index is 1410. The SMILES string of the molecule is CC(C)(C)c1ccc(Cn2cc(C(=O)C(=O)O)c3ccc(-c4ccc(C(F)(F)F)cc4)cc32)cc1. The zero-order valence-corrected chi connectivity index (χ0v) is 19.5. The zero-order valence-electron chi connectivity index (χ0n) is 19.5. The summed E-state index contributed by atoms with van der Waals surface area (Å²) in [7, 11) is 0. The van der Waals surface area contributed by atoms with Gasteiger partial charge in [0.2, 0.25) is 0 Å². The van der Waals surface area contributed by atoms with Gasteiger partial charge in [0.15, 0.2) is 0 Å². The van der Waals surface area contributed by atoms with Gasteiger partial charge >= 0.3 is 12.1 Å². The van der Waals surface area contributed by atoms with Crippen molar-refractivity contribution >= 4 is 22.7 Å². The fourth-order valence-electron chi connectivity index (χ4n) is 4.06. The largest absolute Gasteiger partial charge is 0.475 e. The van der Waals surface area contributed by atoms with Crippen molar-refractivity contribution in [2.45, 2.75) is 38.9 Å². The number of aromatic nitrogens is 1. The quantitative estimate of drug-likeness (QED) is 0.249. The molecule has 0 spiro atoms. The van der Waals surface area contributed by atoms with Crippen molar-refractivity contribution in [3.05, 3.63) is 95.2 Å². The monoisotopic (exact) mass is 479 g/mol. The fraction of sp³-hybridized carbons (Fsp3) is 0.214. The van der Waals surface area contributed by atoms with E-state index in [1.54, 1.807) is 22.8 Å². The Labute approximate surface area is 200 Å². The maximum atomic E-state index is 12.9. The summed E-state index contributed by atoms with van der Waals surface area (Å²) in [5.41, 5.74) is 3.31. The van der Waals surface area contributed by atoms with Crippen LogP contribution in [0.1, 0.15) is 47.8 Å². The average Bonchev–Trinajstić information content (AvgIpc) is 3.15. The van der Waals surface area contributed by atoms with Gasteiger partial charge in [-0.25, -0.2) is 4.79 Å². The van der Waals surface area contributed by atoms with E-state index in [4.69, 9.17) is 0 Å². The summed E-state index contributed by atoms with van der Waals surface area (Å²) in [5.74, 6) is -2.57. The Morgan fingerprint density at radius 2 is 1.40 bits per heavy atom.